The van der Waals surface area contributed by atoms with Crippen LogP contribution in [0, 0.1) is 0 Å². The fraction of sp³-hybridized carbons (Fsp3) is 0. The average Bonchev–Trinajstić information content (AvgIpc) is 4.17. The van der Waals surface area contributed by atoms with Gasteiger partial charge in [0.15, 0.2) is 23.1 Å². The van der Waals surface area contributed by atoms with Crippen molar-refractivity contribution in [3.05, 3.63) is 255 Å². The fourth-order valence-electron chi connectivity index (χ4n) is 11.0. The summed E-state index contributed by atoms with van der Waals surface area (Å²) in [7, 11) is 0. The van der Waals surface area contributed by atoms with Gasteiger partial charge in [-0.15, -0.1) is 0 Å². The van der Waals surface area contributed by atoms with E-state index >= 15 is 0 Å². The average molecular weight is 959 g/mol. The summed E-state index contributed by atoms with van der Waals surface area (Å²) in [6, 6.07) is 89.3. The maximum atomic E-state index is 6.83. The Kier molecular flexibility index (Phi) is 9.78. The molecule has 4 heterocycles. The zero-order valence-electron chi connectivity index (χ0n) is 40.4. The number of rotatable bonds is 8. The molecule has 0 saturated carbocycles. The second kappa shape index (κ2) is 17.3. The Labute approximate surface area is 431 Å². The van der Waals surface area contributed by atoms with E-state index in [1.165, 1.54) is 21.9 Å². The molecule has 0 saturated heterocycles. The van der Waals surface area contributed by atoms with E-state index in [0.29, 0.717) is 17.5 Å². The smallest absolute Gasteiger partial charge is 0.164 e. The Balaban J connectivity index is 0.807. The van der Waals surface area contributed by atoms with E-state index in [4.69, 9.17) is 23.8 Å². The molecule has 350 valence electrons. The molecule has 0 fully saturated rings. The molecule has 6 nitrogen and oxygen atoms in total. The zero-order chi connectivity index (χ0) is 49.4. The van der Waals surface area contributed by atoms with Crippen LogP contribution in [0.2, 0.25) is 0 Å². The molecule has 4 aromatic heterocycles. The summed E-state index contributed by atoms with van der Waals surface area (Å²) in [5.41, 5.74) is 18.3. The van der Waals surface area contributed by atoms with Gasteiger partial charge in [0, 0.05) is 49.0 Å². The van der Waals surface area contributed by atoms with Crippen molar-refractivity contribution < 1.29 is 8.83 Å². The lowest BCUT2D eigenvalue weighted by molar-refractivity contribution is 0.666. The van der Waals surface area contributed by atoms with Gasteiger partial charge in [0.05, 0.1) is 16.7 Å². The van der Waals surface area contributed by atoms with Crippen LogP contribution in [0.15, 0.2) is 264 Å². The summed E-state index contributed by atoms with van der Waals surface area (Å²) in [4.78, 5) is 15.4. The molecule has 0 atom stereocenters. The van der Waals surface area contributed by atoms with Crippen LogP contribution >= 0.6 is 0 Å². The molecule has 0 spiro atoms. The van der Waals surface area contributed by atoms with Gasteiger partial charge in [0.25, 0.3) is 0 Å². The minimum absolute atomic E-state index is 0.577. The van der Waals surface area contributed by atoms with Crippen molar-refractivity contribution in [3.63, 3.8) is 0 Å². The van der Waals surface area contributed by atoms with Crippen molar-refractivity contribution in [3.8, 4) is 84.4 Å². The Morgan fingerprint density at radius 2 is 0.733 bits per heavy atom. The third-order valence-electron chi connectivity index (χ3n) is 14.7. The van der Waals surface area contributed by atoms with E-state index in [1.807, 2.05) is 48.5 Å². The number of para-hydroxylation sites is 2. The molecule has 15 aromatic rings. The summed E-state index contributed by atoms with van der Waals surface area (Å²) in [5, 5.41) is 6.50. The number of furan rings is 2. The molecule has 0 aliphatic carbocycles. The largest absolute Gasteiger partial charge is 0.456 e. The first-order valence-corrected chi connectivity index (χ1v) is 25.2. The Hall–Kier alpha value is -10.2. The van der Waals surface area contributed by atoms with Gasteiger partial charge >= 0.3 is 0 Å². The van der Waals surface area contributed by atoms with Crippen molar-refractivity contribution in [2.24, 2.45) is 0 Å². The predicted molar refractivity (Wildman–Crippen MR) is 307 cm³/mol. The van der Waals surface area contributed by atoms with Crippen molar-refractivity contribution >= 4 is 65.7 Å². The quantitative estimate of drug-likeness (QED) is 0.152. The summed E-state index contributed by atoms with van der Waals surface area (Å²) in [6.07, 6.45) is 0. The molecule has 0 bridgehead atoms. The summed E-state index contributed by atoms with van der Waals surface area (Å²) < 4.78 is 15.7. The normalized spacial score (nSPS) is 11.7. The number of fused-ring (bicyclic) bond motifs is 9. The maximum Gasteiger partial charge on any atom is 0.164 e. The molecule has 0 N–H and O–H groups in total. The first-order chi connectivity index (χ1) is 37.1. The third kappa shape index (κ3) is 7.22. The second-order valence-corrected chi connectivity index (χ2v) is 19.1. The lowest BCUT2D eigenvalue weighted by atomic mass is 9.96. The Morgan fingerprint density at radius 3 is 1.47 bits per heavy atom. The summed E-state index contributed by atoms with van der Waals surface area (Å²) >= 11 is 0. The minimum atomic E-state index is 0.577. The van der Waals surface area contributed by atoms with E-state index < -0.39 is 0 Å². The summed E-state index contributed by atoms with van der Waals surface area (Å²) in [6.45, 7) is 0. The first-order valence-electron chi connectivity index (χ1n) is 25.2. The van der Waals surface area contributed by atoms with E-state index in [9.17, 15) is 0 Å². The van der Waals surface area contributed by atoms with Crippen LogP contribution in [0.25, 0.3) is 150 Å². The molecule has 0 unspecified atom stereocenters. The molecular weight excluding hydrogens is 917 g/mol. The molecule has 0 aliphatic rings. The molecule has 6 heteroatoms. The van der Waals surface area contributed by atoms with Crippen molar-refractivity contribution in [2.45, 2.75) is 0 Å². The van der Waals surface area contributed by atoms with Gasteiger partial charge in [0.1, 0.15) is 16.7 Å². The lowest BCUT2D eigenvalue weighted by Crippen LogP contribution is -2.00. The van der Waals surface area contributed by atoms with E-state index in [2.05, 4.69) is 211 Å². The van der Waals surface area contributed by atoms with E-state index in [0.717, 1.165) is 111 Å². The Morgan fingerprint density at radius 1 is 0.267 bits per heavy atom. The van der Waals surface area contributed by atoms with Gasteiger partial charge in [-0.1, -0.05) is 194 Å². The highest BCUT2D eigenvalue weighted by Crippen LogP contribution is 2.42. The highest BCUT2D eigenvalue weighted by molar-refractivity contribution is 6.15. The van der Waals surface area contributed by atoms with Gasteiger partial charge in [0.2, 0.25) is 0 Å². The van der Waals surface area contributed by atoms with Gasteiger partial charge in [-0.25, -0.2) is 15.0 Å². The number of benzene rings is 11. The molecule has 0 radical (unpaired) electrons. The van der Waals surface area contributed by atoms with E-state index in [-0.39, 0.29) is 0 Å². The molecule has 75 heavy (non-hydrogen) atoms. The minimum Gasteiger partial charge on any atom is -0.456 e. The Bertz CT molecular complexity index is 4690. The third-order valence-corrected chi connectivity index (χ3v) is 14.7. The number of aromatic nitrogens is 4. The van der Waals surface area contributed by atoms with Crippen molar-refractivity contribution in [2.75, 3.05) is 0 Å². The maximum absolute atomic E-state index is 6.83. The van der Waals surface area contributed by atoms with Gasteiger partial charge in [-0.05, 0) is 105 Å². The van der Waals surface area contributed by atoms with Crippen molar-refractivity contribution in [1.29, 1.82) is 0 Å². The van der Waals surface area contributed by atoms with Gasteiger partial charge in [-0.3, -0.25) is 0 Å². The van der Waals surface area contributed by atoms with Crippen LogP contribution in [0.3, 0.4) is 0 Å². The monoisotopic (exact) mass is 958 g/mol. The lowest BCUT2D eigenvalue weighted by Gasteiger charge is -2.10. The van der Waals surface area contributed by atoms with Crippen LogP contribution in [-0.4, -0.2) is 19.5 Å². The topological polar surface area (TPSA) is 69.9 Å². The zero-order valence-corrected chi connectivity index (χ0v) is 40.4. The summed E-state index contributed by atoms with van der Waals surface area (Å²) in [5.74, 6) is 1.78. The molecule has 0 aliphatic heterocycles. The standard InChI is InChI=1S/C69H42N4O2/c1-4-15-43(16-5-1)45-29-31-47(32-30-45)68-70-67(46-19-8-3-9-20-46)71-69(72-68)55-25-14-28-64-65(55)58-42-52(35-38-63(58)74-64)49-22-12-21-48(39-49)51-34-37-62-57(41-51)54-24-13-27-61(66(54)75-62)73-59-26-11-10-23-53(59)56-40-50(33-36-60(56)73)44-17-6-2-7-18-44/h1-42H. The van der Waals surface area contributed by atoms with Crippen LogP contribution < -0.4 is 0 Å². The van der Waals surface area contributed by atoms with Crippen LogP contribution in [0.4, 0.5) is 0 Å². The second-order valence-electron chi connectivity index (χ2n) is 19.1. The molecule has 0 amide bonds. The van der Waals surface area contributed by atoms with Crippen molar-refractivity contribution in [1.82, 2.24) is 19.5 Å². The predicted octanol–water partition coefficient (Wildman–Crippen LogP) is 18.4. The highest BCUT2D eigenvalue weighted by atomic mass is 16.3. The number of hydrogen-bond donors (Lipinski definition) is 0. The van der Waals surface area contributed by atoms with E-state index in [1.54, 1.807) is 0 Å². The number of hydrogen-bond acceptors (Lipinski definition) is 5. The molecular formula is C69H42N4O2. The van der Waals surface area contributed by atoms with Crippen LogP contribution in [0.1, 0.15) is 0 Å². The van der Waals surface area contributed by atoms with Gasteiger partial charge < -0.3 is 13.4 Å². The fourth-order valence-corrected chi connectivity index (χ4v) is 11.0. The van der Waals surface area contributed by atoms with Gasteiger partial charge in [-0.2, -0.15) is 0 Å². The highest BCUT2D eigenvalue weighted by Gasteiger charge is 2.21. The number of nitrogens with zero attached hydrogens (tertiary/aromatic N) is 4. The van der Waals surface area contributed by atoms with Crippen LogP contribution in [0.5, 0.6) is 0 Å². The molecule has 15 rings (SSSR count). The first kappa shape index (κ1) is 42.5. The van der Waals surface area contributed by atoms with Crippen LogP contribution in [-0.2, 0) is 0 Å². The molecule has 11 aromatic carbocycles. The SMILES string of the molecule is c1ccc(-c2ccc(-c3nc(-c4ccccc4)nc(-c4cccc5oc6ccc(-c7cccc(-c8ccc9oc%10c(-n%11c%12ccccc%12c%12cc(-c%13ccccc%13)ccc%12%11)cccc%10c9c8)c7)cc6c45)n3)cc2)cc1.